The first-order valence-electron chi connectivity index (χ1n) is 6.55. The van der Waals surface area contributed by atoms with Crippen molar-refractivity contribution in [2.75, 3.05) is 13.2 Å². The van der Waals surface area contributed by atoms with Crippen molar-refractivity contribution in [3.63, 3.8) is 0 Å². The molecule has 0 aromatic heterocycles. The summed E-state index contributed by atoms with van der Waals surface area (Å²) in [6.45, 7) is 2.02. The molecule has 0 radical (unpaired) electrons. The minimum Gasteiger partial charge on any atom is -0.462 e. The monoisotopic (exact) mass is 290 g/mol. The Morgan fingerprint density at radius 3 is 2.81 bits per heavy atom. The lowest BCUT2D eigenvalue weighted by molar-refractivity contribution is -0.341. The zero-order valence-corrected chi connectivity index (χ0v) is 11.4. The molecule has 0 aliphatic carbocycles. The van der Waals surface area contributed by atoms with Gasteiger partial charge in [0.05, 0.1) is 18.8 Å². The number of benzene rings is 1. The van der Waals surface area contributed by atoms with Crippen molar-refractivity contribution in [1.82, 2.24) is 0 Å². The van der Waals surface area contributed by atoms with Gasteiger partial charge in [-0.15, -0.1) is 0 Å². The van der Waals surface area contributed by atoms with Crippen molar-refractivity contribution in [2.24, 2.45) is 0 Å². The van der Waals surface area contributed by atoms with E-state index in [-0.39, 0.29) is 13.2 Å². The van der Waals surface area contributed by atoms with Gasteiger partial charge in [0, 0.05) is 6.08 Å². The maximum absolute atomic E-state index is 12.3. The molecule has 1 aromatic rings. The van der Waals surface area contributed by atoms with Crippen LogP contribution in [0.3, 0.4) is 0 Å². The Morgan fingerprint density at radius 1 is 1.29 bits per heavy atom. The highest BCUT2D eigenvalue weighted by Crippen LogP contribution is 2.33. The van der Waals surface area contributed by atoms with Crippen LogP contribution >= 0.6 is 0 Å². The van der Waals surface area contributed by atoms with E-state index in [4.69, 9.17) is 18.9 Å². The molecule has 2 heterocycles. The highest BCUT2D eigenvalue weighted by Gasteiger charge is 2.57. The number of ketones is 1. The van der Waals surface area contributed by atoms with Crippen LogP contribution in [0.5, 0.6) is 0 Å². The largest absolute Gasteiger partial charge is 0.462 e. The fourth-order valence-corrected chi connectivity index (χ4v) is 2.21. The summed E-state index contributed by atoms with van der Waals surface area (Å²) in [7, 11) is 0. The van der Waals surface area contributed by atoms with Crippen LogP contribution in [0.2, 0.25) is 0 Å². The molecule has 0 spiro atoms. The standard InChI is InChI=1S/C15H14O6/c1-10-9-12(16)15(14(20-10)18-7-8-19-15)21-13(17)11-5-3-2-4-6-11/h2-6,9,14H,7-8H2,1H3/t14-,15-/m1/s1. The Hall–Kier alpha value is -2.18. The van der Waals surface area contributed by atoms with Crippen LogP contribution in [0, 0.1) is 0 Å². The number of carbonyl (C=O) groups excluding carboxylic acids is 2. The number of ether oxygens (including phenoxy) is 4. The smallest absolute Gasteiger partial charge is 0.341 e. The zero-order valence-electron chi connectivity index (χ0n) is 11.4. The molecule has 2 aliphatic rings. The number of hydrogen-bond acceptors (Lipinski definition) is 6. The predicted octanol–water partition coefficient (Wildman–Crippen LogP) is 1.42. The normalized spacial score (nSPS) is 28.1. The minimum atomic E-state index is -1.87. The molecule has 2 atom stereocenters. The lowest BCUT2D eigenvalue weighted by atomic mass is 10.1. The third-order valence-electron chi connectivity index (χ3n) is 3.20. The van der Waals surface area contributed by atoms with Gasteiger partial charge in [-0.2, -0.15) is 0 Å². The van der Waals surface area contributed by atoms with Crippen molar-refractivity contribution in [2.45, 2.75) is 19.0 Å². The van der Waals surface area contributed by atoms with Crippen LogP contribution in [-0.2, 0) is 23.7 Å². The molecule has 2 aliphatic heterocycles. The van der Waals surface area contributed by atoms with Gasteiger partial charge >= 0.3 is 11.8 Å². The van der Waals surface area contributed by atoms with Crippen molar-refractivity contribution >= 4 is 11.8 Å². The quantitative estimate of drug-likeness (QED) is 0.767. The SMILES string of the molecule is CC1=CC(=O)[C@]2(OC(=O)c3ccccc3)OCCO[C@@H]2O1. The molecular formula is C15H14O6. The van der Waals surface area contributed by atoms with Crippen LogP contribution in [0.15, 0.2) is 42.2 Å². The second-order valence-corrected chi connectivity index (χ2v) is 4.71. The molecule has 3 rings (SSSR count). The van der Waals surface area contributed by atoms with Gasteiger partial charge in [-0.1, -0.05) is 18.2 Å². The maximum atomic E-state index is 12.3. The molecule has 0 unspecified atom stereocenters. The lowest BCUT2D eigenvalue weighted by Crippen LogP contribution is -2.61. The Bertz CT molecular complexity index is 593. The van der Waals surface area contributed by atoms with Crippen LogP contribution < -0.4 is 0 Å². The molecule has 21 heavy (non-hydrogen) atoms. The first-order chi connectivity index (χ1) is 10.1. The van der Waals surface area contributed by atoms with Crippen molar-refractivity contribution < 1.29 is 28.5 Å². The van der Waals surface area contributed by atoms with Crippen LogP contribution in [0.1, 0.15) is 17.3 Å². The summed E-state index contributed by atoms with van der Waals surface area (Å²) >= 11 is 0. The van der Waals surface area contributed by atoms with E-state index in [0.29, 0.717) is 11.3 Å². The van der Waals surface area contributed by atoms with Gasteiger partial charge in [0.2, 0.25) is 5.78 Å². The molecule has 0 saturated carbocycles. The van der Waals surface area contributed by atoms with Gasteiger partial charge in [-0.05, 0) is 19.1 Å². The second kappa shape index (κ2) is 5.31. The molecular weight excluding hydrogens is 276 g/mol. The van der Waals surface area contributed by atoms with Gasteiger partial charge in [0.15, 0.2) is 0 Å². The van der Waals surface area contributed by atoms with E-state index in [1.165, 1.54) is 6.08 Å². The van der Waals surface area contributed by atoms with E-state index in [2.05, 4.69) is 0 Å². The van der Waals surface area contributed by atoms with E-state index in [1.807, 2.05) is 0 Å². The Labute approximate surface area is 121 Å². The molecule has 1 fully saturated rings. The van der Waals surface area contributed by atoms with Gasteiger partial charge in [-0.25, -0.2) is 4.79 Å². The molecule has 6 nitrogen and oxygen atoms in total. The highest BCUT2D eigenvalue weighted by atomic mass is 16.8. The average Bonchev–Trinajstić information content (AvgIpc) is 2.49. The van der Waals surface area contributed by atoms with Crippen LogP contribution in [0.25, 0.3) is 0 Å². The molecule has 0 amide bonds. The lowest BCUT2D eigenvalue weighted by Gasteiger charge is -2.41. The summed E-state index contributed by atoms with van der Waals surface area (Å²) in [6, 6.07) is 8.36. The summed E-state index contributed by atoms with van der Waals surface area (Å²) < 4.78 is 21.6. The average molecular weight is 290 g/mol. The fourth-order valence-electron chi connectivity index (χ4n) is 2.21. The van der Waals surface area contributed by atoms with Gasteiger partial charge in [-0.3, -0.25) is 4.79 Å². The summed E-state index contributed by atoms with van der Waals surface area (Å²) in [5.74, 6) is -2.65. The van der Waals surface area contributed by atoms with E-state index >= 15 is 0 Å². The number of esters is 1. The van der Waals surface area contributed by atoms with E-state index in [9.17, 15) is 9.59 Å². The fraction of sp³-hybridized carbons (Fsp3) is 0.333. The Kier molecular flexibility index (Phi) is 3.48. The van der Waals surface area contributed by atoms with Gasteiger partial charge in [0.1, 0.15) is 5.76 Å². The molecule has 6 heteroatoms. The third-order valence-corrected chi connectivity index (χ3v) is 3.20. The van der Waals surface area contributed by atoms with Crippen molar-refractivity contribution in [3.8, 4) is 0 Å². The first kappa shape index (κ1) is 13.8. The number of rotatable bonds is 2. The zero-order chi connectivity index (χ0) is 14.9. The number of fused-ring (bicyclic) bond motifs is 1. The van der Waals surface area contributed by atoms with E-state index in [0.717, 1.165) is 0 Å². The second-order valence-electron chi connectivity index (χ2n) is 4.71. The summed E-state index contributed by atoms with van der Waals surface area (Å²) in [6.07, 6.45) is 0.153. The van der Waals surface area contributed by atoms with E-state index < -0.39 is 23.8 Å². The minimum absolute atomic E-state index is 0.139. The highest BCUT2D eigenvalue weighted by molar-refractivity contribution is 6.00. The van der Waals surface area contributed by atoms with Crippen LogP contribution in [-0.4, -0.2) is 37.0 Å². The number of carbonyl (C=O) groups is 2. The number of hydrogen-bond donors (Lipinski definition) is 0. The molecule has 0 N–H and O–H groups in total. The summed E-state index contributed by atoms with van der Waals surface area (Å²) in [5, 5.41) is 0. The Balaban J connectivity index is 1.90. The van der Waals surface area contributed by atoms with E-state index in [1.54, 1.807) is 37.3 Å². The maximum Gasteiger partial charge on any atom is 0.341 e. The Morgan fingerprint density at radius 2 is 2.05 bits per heavy atom. The van der Waals surface area contributed by atoms with Gasteiger partial charge in [0.25, 0.3) is 6.29 Å². The molecule has 1 saturated heterocycles. The summed E-state index contributed by atoms with van der Waals surface area (Å²) in [4.78, 5) is 24.5. The van der Waals surface area contributed by atoms with Crippen molar-refractivity contribution in [1.29, 1.82) is 0 Å². The van der Waals surface area contributed by atoms with Gasteiger partial charge < -0.3 is 18.9 Å². The topological polar surface area (TPSA) is 71.1 Å². The molecule has 1 aromatic carbocycles. The van der Waals surface area contributed by atoms with Crippen LogP contribution in [0.4, 0.5) is 0 Å². The third kappa shape index (κ3) is 2.43. The number of allylic oxidation sites excluding steroid dienone is 1. The molecule has 0 bridgehead atoms. The summed E-state index contributed by atoms with van der Waals surface area (Å²) in [5.41, 5.74) is 0.318. The predicted molar refractivity (Wildman–Crippen MR) is 70.1 cm³/mol. The first-order valence-corrected chi connectivity index (χ1v) is 6.55. The van der Waals surface area contributed by atoms with Crippen molar-refractivity contribution in [3.05, 3.63) is 47.7 Å². The molecule has 110 valence electrons.